The van der Waals surface area contributed by atoms with Crippen molar-refractivity contribution in [3.8, 4) is 0 Å². The molecule has 1 N–H and O–H groups in total. The maximum Gasteiger partial charge on any atom is 0.253 e. The van der Waals surface area contributed by atoms with Gasteiger partial charge in [-0.05, 0) is 24.6 Å². The van der Waals surface area contributed by atoms with Gasteiger partial charge in [-0.1, -0.05) is 0 Å². The van der Waals surface area contributed by atoms with Gasteiger partial charge in [-0.25, -0.2) is 0 Å². The van der Waals surface area contributed by atoms with Crippen LogP contribution in [-0.4, -0.2) is 48.1 Å². The molecule has 0 aliphatic carbocycles. The third kappa shape index (κ3) is 3.27. The van der Waals surface area contributed by atoms with E-state index in [0.717, 1.165) is 12.1 Å². The zero-order valence-corrected chi connectivity index (χ0v) is 10.6. The maximum absolute atomic E-state index is 12.3. The molecule has 1 fully saturated rings. The van der Waals surface area contributed by atoms with Crippen LogP contribution in [0.4, 0.5) is 0 Å². The van der Waals surface area contributed by atoms with E-state index in [2.05, 4.69) is 10.3 Å². The average molecular weight is 249 g/mol. The second-order valence-electron chi connectivity index (χ2n) is 4.27. The number of hydrogen-bond acceptors (Lipinski definition) is 4. The topological polar surface area (TPSA) is 54.5 Å². The molecule has 1 atom stereocenters. The van der Waals surface area contributed by atoms with Gasteiger partial charge in [-0.2, -0.15) is 0 Å². The van der Waals surface area contributed by atoms with Crippen molar-refractivity contribution >= 4 is 5.91 Å². The lowest BCUT2D eigenvalue weighted by atomic mass is 10.2. The van der Waals surface area contributed by atoms with E-state index in [1.165, 1.54) is 0 Å². The monoisotopic (exact) mass is 249 g/mol. The molecule has 1 aromatic heterocycles. The van der Waals surface area contributed by atoms with Crippen LogP contribution < -0.4 is 5.32 Å². The smallest absolute Gasteiger partial charge is 0.253 e. The Morgan fingerprint density at radius 3 is 2.94 bits per heavy atom. The van der Waals surface area contributed by atoms with E-state index in [1.54, 1.807) is 12.4 Å². The van der Waals surface area contributed by atoms with Gasteiger partial charge in [-0.15, -0.1) is 0 Å². The Labute approximate surface area is 107 Å². The summed E-state index contributed by atoms with van der Waals surface area (Å²) in [5, 5.41) is 3.18. The Morgan fingerprint density at radius 2 is 2.33 bits per heavy atom. The minimum Gasteiger partial charge on any atom is -0.366 e. The number of hydrogen-bond donors (Lipinski definition) is 1. The number of aromatic nitrogens is 1. The summed E-state index contributed by atoms with van der Waals surface area (Å²) < 4.78 is 5.49. The van der Waals surface area contributed by atoms with Crippen LogP contribution >= 0.6 is 0 Å². The van der Waals surface area contributed by atoms with E-state index >= 15 is 0 Å². The summed E-state index contributed by atoms with van der Waals surface area (Å²) in [6.45, 7) is 5.29. The summed E-state index contributed by atoms with van der Waals surface area (Å²) in [5.41, 5.74) is 1.09. The first kappa shape index (κ1) is 13.0. The number of nitrogens with zero attached hydrogens (tertiary/aromatic N) is 2. The second-order valence-corrected chi connectivity index (χ2v) is 4.27. The van der Waals surface area contributed by atoms with Gasteiger partial charge in [0, 0.05) is 38.6 Å². The zero-order valence-electron chi connectivity index (χ0n) is 10.6. The first-order valence-corrected chi connectivity index (χ1v) is 6.31. The molecule has 0 spiro atoms. The van der Waals surface area contributed by atoms with Gasteiger partial charge in [0.2, 0.25) is 0 Å². The summed E-state index contributed by atoms with van der Waals surface area (Å²) in [4.78, 5) is 18.1. The Hall–Kier alpha value is -1.46. The second kappa shape index (κ2) is 6.47. The number of morpholine rings is 1. The van der Waals surface area contributed by atoms with Crippen LogP contribution in [0.2, 0.25) is 0 Å². The minimum atomic E-state index is -0.347. The third-order valence-electron chi connectivity index (χ3n) is 3.02. The minimum absolute atomic E-state index is 0.0570. The van der Waals surface area contributed by atoms with Crippen LogP contribution in [0.15, 0.2) is 24.5 Å². The highest BCUT2D eigenvalue weighted by atomic mass is 16.5. The first-order valence-electron chi connectivity index (χ1n) is 6.31. The number of nitrogens with one attached hydrogen (secondary N) is 1. The van der Waals surface area contributed by atoms with Crippen molar-refractivity contribution in [2.75, 3.05) is 26.2 Å². The fourth-order valence-electron chi connectivity index (χ4n) is 1.98. The van der Waals surface area contributed by atoms with Crippen LogP contribution in [0.5, 0.6) is 0 Å². The molecular weight excluding hydrogens is 230 g/mol. The average Bonchev–Trinajstić information content (AvgIpc) is 2.46. The Kier molecular flexibility index (Phi) is 4.66. The molecule has 1 aliphatic heterocycles. The van der Waals surface area contributed by atoms with Crippen LogP contribution in [0.3, 0.4) is 0 Å². The Balaban J connectivity index is 1.97. The molecule has 1 aliphatic rings. The molecule has 1 aromatic rings. The standard InChI is InChI=1S/C13H19N3O2/c1-2-16(10-11-3-5-14-6-4-11)13(17)12-9-15-7-8-18-12/h3-6,12,15H,2,7-10H2,1H3. The lowest BCUT2D eigenvalue weighted by Crippen LogP contribution is -2.49. The number of rotatable bonds is 4. The predicted octanol–water partition coefficient (Wildman–Crippen LogP) is 0.418. The SMILES string of the molecule is CCN(Cc1ccncc1)C(=O)C1CNCCO1. The van der Waals surface area contributed by atoms with Gasteiger partial charge in [-0.3, -0.25) is 9.78 Å². The first-order chi connectivity index (χ1) is 8.81. The highest BCUT2D eigenvalue weighted by Gasteiger charge is 2.25. The van der Waals surface area contributed by atoms with E-state index < -0.39 is 0 Å². The van der Waals surface area contributed by atoms with Gasteiger partial charge in [0.25, 0.3) is 5.91 Å². The van der Waals surface area contributed by atoms with Gasteiger partial charge in [0.05, 0.1) is 6.61 Å². The van der Waals surface area contributed by atoms with Crippen molar-refractivity contribution in [3.63, 3.8) is 0 Å². The largest absolute Gasteiger partial charge is 0.366 e. The summed E-state index contributed by atoms with van der Waals surface area (Å²) in [5.74, 6) is 0.0570. The quantitative estimate of drug-likeness (QED) is 0.840. The summed E-state index contributed by atoms with van der Waals surface area (Å²) in [7, 11) is 0. The fourth-order valence-corrected chi connectivity index (χ4v) is 1.98. The summed E-state index contributed by atoms with van der Waals surface area (Å²) in [6.07, 6.45) is 3.14. The van der Waals surface area contributed by atoms with Crippen molar-refractivity contribution < 1.29 is 9.53 Å². The molecule has 5 heteroatoms. The molecule has 1 unspecified atom stereocenters. The number of ether oxygens (including phenoxy) is 1. The van der Waals surface area contributed by atoms with Gasteiger partial charge in [0.15, 0.2) is 0 Å². The van der Waals surface area contributed by atoms with E-state index in [9.17, 15) is 4.79 Å². The molecule has 98 valence electrons. The molecular formula is C13H19N3O2. The zero-order chi connectivity index (χ0) is 12.8. The molecule has 2 rings (SSSR count). The summed E-state index contributed by atoms with van der Waals surface area (Å²) in [6, 6.07) is 3.85. The Morgan fingerprint density at radius 1 is 1.56 bits per heavy atom. The molecule has 1 saturated heterocycles. The predicted molar refractivity (Wildman–Crippen MR) is 67.9 cm³/mol. The van der Waals surface area contributed by atoms with Crippen LogP contribution in [-0.2, 0) is 16.1 Å². The van der Waals surface area contributed by atoms with E-state index in [4.69, 9.17) is 4.74 Å². The van der Waals surface area contributed by atoms with Crippen molar-refractivity contribution in [2.45, 2.75) is 19.6 Å². The van der Waals surface area contributed by atoms with E-state index in [-0.39, 0.29) is 12.0 Å². The Bertz CT molecular complexity index is 377. The molecule has 18 heavy (non-hydrogen) atoms. The lowest BCUT2D eigenvalue weighted by Gasteiger charge is -2.29. The molecule has 5 nitrogen and oxygen atoms in total. The third-order valence-corrected chi connectivity index (χ3v) is 3.02. The van der Waals surface area contributed by atoms with Gasteiger partial charge < -0.3 is 15.0 Å². The maximum atomic E-state index is 12.3. The molecule has 0 bridgehead atoms. The molecule has 0 aromatic carbocycles. The number of pyridine rings is 1. The number of likely N-dealkylation sites (N-methyl/N-ethyl adjacent to an activating group) is 1. The van der Waals surface area contributed by atoms with Crippen molar-refractivity contribution in [1.82, 2.24) is 15.2 Å². The van der Waals surface area contributed by atoms with Crippen molar-refractivity contribution in [2.24, 2.45) is 0 Å². The molecule has 2 heterocycles. The molecule has 0 radical (unpaired) electrons. The van der Waals surface area contributed by atoms with Gasteiger partial charge >= 0.3 is 0 Å². The summed E-state index contributed by atoms with van der Waals surface area (Å²) >= 11 is 0. The number of amides is 1. The fraction of sp³-hybridized carbons (Fsp3) is 0.538. The lowest BCUT2D eigenvalue weighted by molar-refractivity contribution is -0.145. The van der Waals surface area contributed by atoms with Crippen molar-refractivity contribution in [3.05, 3.63) is 30.1 Å². The number of carbonyl (C=O) groups excluding carboxylic acids is 1. The molecule has 0 saturated carbocycles. The normalized spacial score (nSPS) is 19.5. The van der Waals surface area contributed by atoms with E-state index in [1.807, 2.05) is 24.0 Å². The molecule has 1 amide bonds. The van der Waals surface area contributed by atoms with Gasteiger partial charge in [0.1, 0.15) is 6.10 Å². The van der Waals surface area contributed by atoms with Crippen molar-refractivity contribution in [1.29, 1.82) is 0 Å². The van der Waals surface area contributed by atoms with Crippen LogP contribution in [0.1, 0.15) is 12.5 Å². The van der Waals surface area contributed by atoms with E-state index in [0.29, 0.717) is 26.2 Å². The van der Waals surface area contributed by atoms with Crippen LogP contribution in [0.25, 0.3) is 0 Å². The highest BCUT2D eigenvalue weighted by Crippen LogP contribution is 2.08. The number of carbonyl (C=O) groups is 1. The highest BCUT2D eigenvalue weighted by molar-refractivity contribution is 5.81. The van der Waals surface area contributed by atoms with Crippen LogP contribution in [0, 0.1) is 0 Å².